The van der Waals surface area contributed by atoms with Gasteiger partial charge in [0, 0.05) is 0 Å². The lowest BCUT2D eigenvalue weighted by molar-refractivity contribution is 0.501. The predicted octanol–water partition coefficient (Wildman–Crippen LogP) is 2.40. The van der Waals surface area contributed by atoms with Crippen LogP contribution < -0.4 is 5.30 Å². The van der Waals surface area contributed by atoms with Gasteiger partial charge in [0.25, 0.3) is 9.74 Å². The quantitative estimate of drug-likeness (QED) is 0.641. The van der Waals surface area contributed by atoms with Crippen molar-refractivity contribution in [3.63, 3.8) is 0 Å². The second kappa shape index (κ2) is 5.59. The molecule has 0 fully saturated rings. The van der Waals surface area contributed by atoms with E-state index in [2.05, 4.69) is 0 Å². The maximum atomic E-state index is 11.2. The molecule has 0 heterocycles. The molecular formula is C10H15O3PS. The number of hydrogen-bond donors (Lipinski definition) is 1. The lowest BCUT2D eigenvalue weighted by Crippen LogP contribution is -2.10. The highest BCUT2D eigenvalue weighted by molar-refractivity contribution is 8.49. The summed E-state index contributed by atoms with van der Waals surface area (Å²) in [6.45, 7) is 2.00. The Kier molecular flexibility index (Phi) is 4.71. The summed E-state index contributed by atoms with van der Waals surface area (Å²) in [6, 6.07) is 8.94. The van der Waals surface area contributed by atoms with Gasteiger partial charge in [-0.2, -0.15) is 8.42 Å². The van der Waals surface area contributed by atoms with Crippen molar-refractivity contribution >= 4 is 22.2 Å². The first-order valence-corrected chi connectivity index (χ1v) is 8.43. The monoisotopic (exact) mass is 246 g/mol. The van der Waals surface area contributed by atoms with E-state index in [9.17, 15) is 8.42 Å². The number of hydrogen-bond acceptors (Lipinski definition) is 2. The van der Waals surface area contributed by atoms with Crippen LogP contribution in [0.3, 0.4) is 0 Å². The highest BCUT2D eigenvalue weighted by atomic mass is 32.8. The van der Waals surface area contributed by atoms with Crippen LogP contribution in [0.4, 0.5) is 0 Å². The SMILES string of the molecule is CCCCP(c1ccccc1)S(=O)(=O)O. The third-order valence-electron chi connectivity index (χ3n) is 2.04. The van der Waals surface area contributed by atoms with Crippen molar-refractivity contribution in [2.24, 2.45) is 0 Å². The first-order chi connectivity index (χ1) is 7.05. The number of unbranched alkanes of at least 4 members (excludes halogenated alkanes) is 1. The number of benzene rings is 1. The molecule has 0 aromatic heterocycles. The number of rotatable bonds is 5. The van der Waals surface area contributed by atoms with E-state index < -0.39 is 16.9 Å². The molecule has 0 amide bonds. The molecule has 0 saturated carbocycles. The minimum Gasteiger partial charge on any atom is -0.282 e. The van der Waals surface area contributed by atoms with Gasteiger partial charge >= 0.3 is 0 Å². The molecule has 0 bridgehead atoms. The van der Waals surface area contributed by atoms with Crippen LogP contribution in [0, 0.1) is 0 Å². The van der Waals surface area contributed by atoms with E-state index in [4.69, 9.17) is 4.55 Å². The smallest absolute Gasteiger partial charge is 0.282 e. The van der Waals surface area contributed by atoms with Crippen LogP contribution in [-0.4, -0.2) is 19.1 Å². The molecule has 1 aromatic rings. The highest BCUT2D eigenvalue weighted by Crippen LogP contribution is 2.41. The molecular weight excluding hydrogens is 231 g/mol. The molecule has 0 saturated heterocycles. The van der Waals surface area contributed by atoms with Gasteiger partial charge in [-0.3, -0.25) is 4.55 Å². The molecule has 0 aliphatic rings. The Morgan fingerprint density at radius 1 is 1.27 bits per heavy atom. The van der Waals surface area contributed by atoms with Crippen LogP contribution in [-0.2, 0) is 9.74 Å². The van der Waals surface area contributed by atoms with E-state index in [1.165, 1.54) is 0 Å². The summed E-state index contributed by atoms with van der Waals surface area (Å²) in [4.78, 5) is 0. The molecule has 1 rings (SSSR count). The van der Waals surface area contributed by atoms with E-state index >= 15 is 0 Å². The summed E-state index contributed by atoms with van der Waals surface area (Å²) >= 11 is 0. The third-order valence-corrected chi connectivity index (χ3v) is 7.04. The molecule has 5 heteroatoms. The maximum absolute atomic E-state index is 11.2. The lowest BCUT2D eigenvalue weighted by Gasteiger charge is -2.13. The topological polar surface area (TPSA) is 54.4 Å². The zero-order valence-electron chi connectivity index (χ0n) is 8.63. The van der Waals surface area contributed by atoms with Crippen molar-refractivity contribution in [2.45, 2.75) is 19.8 Å². The Morgan fingerprint density at radius 2 is 1.87 bits per heavy atom. The second-order valence-corrected chi connectivity index (χ2v) is 8.56. The standard InChI is InChI=1S/C10H15O3PS/c1-2-3-9-14(15(11,12)13)10-7-5-4-6-8-10/h4-8H,2-3,9H2,1H3,(H,11,12,13). The average Bonchev–Trinajstić information content (AvgIpc) is 2.18. The van der Waals surface area contributed by atoms with Crippen molar-refractivity contribution in [3.05, 3.63) is 30.3 Å². The van der Waals surface area contributed by atoms with Gasteiger partial charge in [-0.1, -0.05) is 43.7 Å². The van der Waals surface area contributed by atoms with E-state index in [1.807, 2.05) is 13.0 Å². The summed E-state index contributed by atoms with van der Waals surface area (Å²) in [5.41, 5.74) is 0. The summed E-state index contributed by atoms with van der Waals surface area (Å²) in [5.74, 6) is 0. The van der Waals surface area contributed by atoms with Gasteiger partial charge < -0.3 is 0 Å². The largest absolute Gasteiger partial charge is 0.285 e. The second-order valence-electron chi connectivity index (χ2n) is 3.24. The lowest BCUT2D eigenvalue weighted by atomic mass is 10.4. The predicted molar refractivity (Wildman–Crippen MR) is 64.3 cm³/mol. The fourth-order valence-corrected chi connectivity index (χ4v) is 5.38. The molecule has 3 nitrogen and oxygen atoms in total. The molecule has 0 spiro atoms. The van der Waals surface area contributed by atoms with Crippen molar-refractivity contribution in [1.29, 1.82) is 0 Å². The minimum absolute atomic E-state index is 0.536. The van der Waals surface area contributed by atoms with Crippen LogP contribution >= 0.6 is 7.12 Å². The van der Waals surface area contributed by atoms with E-state index in [0.717, 1.165) is 18.1 Å². The van der Waals surface area contributed by atoms with Gasteiger partial charge in [-0.15, -0.1) is 0 Å². The Labute approximate surface area is 91.8 Å². The van der Waals surface area contributed by atoms with Gasteiger partial charge in [-0.05, 0) is 17.9 Å². The van der Waals surface area contributed by atoms with Crippen LogP contribution in [0.25, 0.3) is 0 Å². The van der Waals surface area contributed by atoms with Crippen molar-refractivity contribution in [1.82, 2.24) is 0 Å². The van der Waals surface area contributed by atoms with Crippen molar-refractivity contribution in [2.75, 3.05) is 6.16 Å². The van der Waals surface area contributed by atoms with Crippen LogP contribution in [0.2, 0.25) is 0 Å². The van der Waals surface area contributed by atoms with Gasteiger partial charge in [0.05, 0.1) is 7.12 Å². The first kappa shape index (κ1) is 12.6. The normalized spacial score (nSPS) is 13.7. The fraction of sp³-hybridized carbons (Fsp3) is 0.400. The highest BCUT2D eigenvalue weighted by Gasteiger charge is 2.23. The molecule has 0 radical (unpaired) electrons. The molecule has 0 aliphatic heterocycles. The Morgan fingerprint density at radius 3 is 2.33 bits per heavy atom. The van der Waals surface area contributed by atoms with Gasteiger partial charge in [0.1, 0.15) is 0 Å². The fourth-order valence-electron chi connectivity index (χ4n) is 1.27. The minimum atomic E-state index is -3.93. The molecule has 1 N–H and O–H groups in total. The summed E-state index contributed by atoms with van der Waals surface area (Å²) in [7, 11) is -5.40. The average molecular weight is 246 g/mol. The van der Waals surface area contributed by atoms with Crippen molar-refractivity contribution < 1.29 is 13.0 Å². The van der Waals surface area contributed by atoms with Crippen LogP contribution in [0.15, 0.2) is 30.3 Å². The van der Waals surface area contributed by atoms with Gasteiger partial charge in [-0.25, -0.2) is 0 Å². The molecule has 0 aliphatic carbocycles. The zero-order valence-corrected chi connectivity index (χ0v) is 10.3. The van der Waals surface area contributed by atoms with E-state index in [-0.39, 0.29) is 0 Å². The Hall–Kier alpha value is -0.440. The maximum Gasteiger partial charge on any atom is 0.285 e. The van der Waals surface area contributed by atoms with Crippen LogP contribution in [0.5, 0.6) is 0 Å². The zero-order chi connectivity index (χ0) is 11.3. The summed E-state index contributed by atoms with van der Waals surface area (Å²) in [5, 5.41) is 0.725. The molecule has 84 valence electrons. The Bertz CT molecular complexity index is 388. The van der Waals surface area contributed by atoms with E-state index in [0.29, 0.717) is 6.16 Å². The Balaban J connectivity index is 2.92. The van der Waals surface area contributed by atoms with Gasteiger partial charge in [0.15, 0.2) is 0 Å². The molecule has 1 atom stereocenters. The molecule has 15 heavy (non-hydrogen) atoms. The van der Waals surface area contributed by atoms with Crippen LogP contribution in [0.1, 0.15) is 19.8 Å². The molecule has 1 unspecified atom stereocenters. The molecule has 1 aromatic carbocycles. The van der Waals surface area contributed by atoms with Gasteiger partial charge in [0.2, 0.25) is 0 Å². The van der Waals surface area contributed by atoms with E-state index in [1.54, 1.807) is 24.3 Å². The summed E-state index contributed by atoms with van der Waals surface area (Å²) in [6.07, 6.45) is 2.29. The summed E-state index contributed by atoms with van der Waals surface area (Å²) < 4.78 is 31.6. The van der Waals surface area contributed by atoms with Crippen molar-refractivity contribution in [3.8, 4) is 0 Å². The first-order valence-electron chi connectivity index (χ1n) is 4.86. The third kappa shape index (κ3) is 3.90.